The number of aromatic amines is 1. The molecule has 102 valence electrons. The molecule has 1 aromatic heterocycles. The molecule has 8 heteroatoms. The highest BCUT2D eigenvalue weighted by atomic mass is 16.4. The molecular weight excluding hydrogens is 254 g/mol. The molecule has 5 N–H and O–H groups in total. The van der Waals surface area contributed by atoms with E-state index in [1.54, 1.807) is 0 Å². The zero-order valence-corrected chi connectivity index (χ0v) is 9.88. The summed E-state index contributed by atoms with van der Waals surface area (Å²) in [6.07, 6.45) is 0.924. The highest BCUT2D eigenvalue weighted by molar-refractivity contribution is 5.96. The Morgan fingerprint density at radius 2 is 2.05 bits per heavy atom. The van der Waals surface area contributed by atoms with Crippen LogP contribution in [0, 0.1) is 0 Å². The molecule has 0 aromatic carbocycles. The van der Waals surface area contributed by atoms with Gasteiger partial charge in [-0.15, -0.1) is 0 Å². The minimum absolute atomic E-state index is 0.0975. The lowest BCUT2D eigenvalue weighted by molar-refractivity contribution is -0.139. The van der Waals surface area contributed by atoms with Crippen LogP contribution in [0.2, 0.25) is 0 Å². The molecule has 8 nitrogen and oxygen atoms in total. The van der Waals surface area contributed by atoms with E-state index >= 15 is 0 Å². The van der Waals surface area contributed by atoms with Gasteiger partial charge in [-0.05, 0) is 12.5 Å². The quantitative estimate of drug-likeness (QED) is 0.513. The number of nitrogens with one attached hydrogen (secondary N) is 2. The predicted octanol–water partition coefficient (Wildman–Crippen LogP) is -1.18. The van der Waals surface area contributed by atoms with Gasteiger partial charge in [-0.2, -0.15) is 0 Å². The number of aliphatic carboxylic acids is 1. The predicted molar refractivity (Wildman–Crippen MR) is 64.4 cm³/mol. The molecule has 0 saturated heterocycles. The highest BCUT2D eigenvalue weighted by Crippen LogP contribution is 2.00. The van der Waals surface area contributed by atoms with Crippen LogP contribution < -0.4 is 16.6 Å². The molecule has 1 atom stereocenters. The number of carbonyl (C=O) groups is 3. The molecule has 1 aromatic rings. The number of carboxylic acid groups (broad SMARTS) is 1. The molecule has 0 aliphatic heterocycles. The molecule has 0 unspecified atom stereocenters. The molecule has 0 fully saturated rings. The third-order valence-electron chi connectivity index (χ3n) is 2.33. The first-order chi connectivity index (χ1) is 8.90. The first-order valence-electron chi connectivity index (χ1n) is 5.41. The molecule has 1 heterocycles. The van der Waals surface area contributed by atoms with Crippen LogP contribution in [0.15, 0.2) is 23.1 Å². The van der Waals surface area contributed by atoms with Crippen molar-refractivity contribution in [2.24, 2.45) is 5.73 Å². The van der Waals surface area contributed by atoms with Gasteiger partial charge in [0.1, 0.15) is 6.04 Å². The Morgan fingerprint density at radius 1 is 1.37 bits per heavy atom. The van der Waals surface area contributed by atoms with Gasteiger partial charge in [-0.25, -0.2) is 4.79 Å². The number of aromatic nitrogens is 1. The summed E-state index contributed by atoms with van der Waals surface area (Å²) >= 11 is 0. The summed E-state index contributed by atoms with van der Waals surface area (Å²) in [5.41, 5.74) is 4.66. The smallest absolute Gasteiger partial charge is 0.326 e. The zero-order chi connectivity index (χ0) is 14.4. The maximum absolute atomic E-state index is 11.7. The lowest BCUT2D eigenvalue weighted by atomic mass is 10.1. The number of pyridine rings is 1. The summed E-state index contributed by atoms with van der Waals surface area (Å²) in [5.74, 6) is -2.57. The summed E-state index contributed by atoms with van der Waals surface area (Å²) in [4.78, 5) is 46.3. The van der Waals surface area contributed by atoms with Gasteiger partial charge in [-0.1, -0.05) is 0 Å². The summed E-state index contributed by atoms with van der Waals surface area (Å²) in [5, 5.41) is 11.1. The van der Waals surface area contributed by atoms with Crippen LogP contribution in [0.3, 0.4) is 0 Å². The van der Waals surface area contributed by atoms with E-state index in [-0.39, 0.29) is 24.0 Å². The van der Waals surface area contributed by atoms with E-state index < -0.39 is 23.8 Å². The molecule has 19 heavy (non-hydrogen) atoms. The van der Waals surface area contributed by atoms with Crippen molar-refractivity contribution in [3.05, 3.63) is 34.2 Å². The maximum Gasteiger partial charge on any atom is 0.326 e. The van der Waals surface area contributed by atoms with Crippen molar-refractivity contribution >= 4 is 17.8 Å². The second-order valence-corrected chi connectivity index (χ2v) is 3.81. The average Bonchev–Trinajstić information content (AvgIpc) is 2.34. The van der Waals surface area contributed by atoms with E-state index in [4.69, 9.17) is 10.8 Å². The molecule has 0 bridgehead atoms. The van der Waals surface area contributed by atoms with E-state index in [2.05, 4.69) is 10.3 Å². The van der Waals surface area contributed by atoms with Crippen LogP contribution in [0.25, 0.3) is 0 Å². The van der Waals surface area contributed by atoms with Crippen molar-refractivity contribution in [1.29, 1.82) is 0 Å². The Hall–Kier alpha value is -2.64. The Kier molecular flexibility index (Phi) is 4.81. The number of hydrogen-bond donors (Lipinski definition) is 4. The van der Waals surface area contributed by atoms with Crippen LogP contribution in [-0.4, -0.2) is 33.9 Å². The largest absolute Gasteiger partial charge is 0.480 e. The van der Waals surface area contributed by atoms with E-state index in [1.807, 2.05) is 0 Å². The number of nitrogens with two attached hydrogens (primary N) is 1. The molecule has 0 radical (unpaired) electrons. The van der Waals surface area contributed by atoms with Crippen LogP contribution in [-0.2, 0) is 9.59 Å². The standard InChI is InChI=1S/C11H13N3O5/c12-8(15)3-2-7(11(18)19)14-10(17)6-1-4-9(16)13-5-6/h1,4-5,7H,2-3H2,(H2,12,15)(H,13,16)(H,14,17)(H,18,19)/t7-/m1/s1. The molecular formula is C11H13N3O5. The average molecular weight is 267 g/mol. The van der Waals surface area contributed by atoms with Gasteiger partial charge < -0.3 is 21.1 Å². The summed E-state index contributed by atoms with van der Waals surface area (Å²) in [6.45, 7) is 0. The number of H-pyrrole nitrogens is 1. The topological polar surface area (TPSA) is 142 Å². The summed E-state index contributed by atoms with van der Waals surface area (Å²) in [6, 6.07) is 1.20. The van der Waals surface area contributed by atoms with Gasteiger partial charge in [-0.3, -0.25) is 14.4 Å². The highest BCUT2D eigenvalue weighted by Gasteiger charge is 2.21. The Balaban J connectivity index is 2.70. The Bertz CT molecular complexity index is 531. The van der Waals surface area contributed by atoms with Crippen molar-refractivity contribution in [1.82, 2.24) is 10.3 Å². The van der Waals surface area contributed by atoms with Gasteiger partial charge in [0.25, 0.3) is 5.91 Å². The monoisotopic (exact) mass is 267 g/mol. The lowest BCUT2D eigenvalue weighted by Crippen LogP contribution is -2.41. The second kappa shape index (κ2) is 6.34. The summed E-state index contributed by atoms with van der Waals surface area (Å²) in [7, 11) is 0. The van der Waals surface area contributed by atoms with E-state index in [0.29, 0.717) is 0 Å². The van der Waals surface area contributed by atoms with Crippen molar-refractivity contribution < 1.29 is 19.5 Å². The lowest BCUT2D eigenvalue weighted by Gasteiger charge is -2.13. The van der Waals surface area contributed by atoms with E-state index in [1.165, 1.54) is 12.3 Å². The Morgan fingerprint density at radius 3 is 2.53 bits per heavy atom. The Labute approximate surface area is 107 Å². The van der Waals surface area contributed by atoms with Crippen molar-refractivity contribution in [2.75, 3.05) is 0 Å². The van der Waals surface area contributed by atoms with Gasteiger partial charge >= 0.3 is 5.97 Å². The third-order valence-corrected chi connectivity index (χ3v) is 2.33. The number of carbonyl (C=O) groups excluding carboxylic acids is 2. The van der Waals surface area contributed by atoms with E-state index in [9.17, 15) is 19.2 Å². The molecule has 0 aliphatic rings. The molecule has 0 saturated carbocycles. The fourth-order valence-corrected chi connectivity index (χ4v) is 1.34. The van der Waals surface area contributed by atoms with E-state index in [0.717, 1.165) is 6.07 Å². The zero-order valence-electron chi connectivity index (χ0n) is 9.88. The van der Waals surface area contributed by atoms with Crippen LogP contribution >= 0.6 is 0 Å². The fourth-order valence-electron chi connectivity index (χ4n) is 1.34. The number of hydrogen-bond acceptors (Lipinski definition) is 4. The number of amides is 2. The SMILES string of the molecule is NC(=O)CC[C@@H](NC(=O)c1ccc(=O)[nH]c1)C(=O)O. The van der Waals surface area contributed by atoms with Crippen molar-refractivity contribution in [3.63, 3.8) is 0 Å². The summed E-state index contributed by atoms with van der Waals surface area (Å²) < 4.78 is 0. The first kappa shape index (κ1) is 14.4. The van der Waals surface area contributed by atoms with Crippen LogP contribution in [0.5, 0.6) is 0 Å². The van der Waals surface area contributed by atoms with Crippen molar-refractivity contribution in [3.8, 4) is 0 Å². The maximum atomic E-state index is 11.7. The minimum Gasteiger partial charge on any atom is -0.480 e. The number of primary amides is 1. The van der Waals surface area contributed by atoms with Crippen molar-refractivity contribution in [2.45, 2.75) is 18.9 Å². The molecule has 1 rings (SSSR count). The molecule has 0 aliphatic carbocycles. The number of rotatable bonds is 6. The van der Waals surface area contributed by atoms with Gasteiger partial charge in [0.2, 0.25) is 11.5 Å². The first-order valence-corrected chi connectivity index (χ1v) is 5.41. The third kappa shape index (κ3) is 4.62. The molecule has 2 amide bonds. The van der Waals surface area contributed by atoms with Crippen LogP contribution in [0.1, 0.15) is 23.2 Å². The van der Waals surface area contributed by atoms with Gasteiger partial charge in [0.05, 0.1) is 5.56 Å². The van der Waals surface area contributed by atoms with Gasteiger partial charge in [0.15, 0.2) is 0 Å². The normalized spacial score (nSPS) is 11.6. The fraction of sp³-hybridized carbons (Fsp3) is 0.273. The van der Waals surface area contributed by atoms with Gasteiger partial charge in [0, 0.05) is 18.7 Å². The molecule has 0 spiro atoms. The van der Waals surface area contributed by atoms with Crippen LogP contribution in [0.4, 0.5) is 0 Å². The number of carboxylic acids is 1. The second-order valence-electron chi connectivity index (χ2n) is 3.81. The minimum atomic E-state index is -1.26.